The Kier molecular flexibility index (Phi) is 283. The predicted molar refractivity (Wildman–Crippen MR) is 24.0 cm³/mol. The maximum atomic E-state index is 0. The monoisotopic (exact) mass is 238 g/mol. The molecule has 0 aromatic carbocycles. The minimum Gasteiger partial charge on any atom is -0.0776 e. The van der Waals surface area contributed by atoms with Crippen molar-refractivity contribution in [3.05, 3.63) is 0 Å². The summed E-state index contributed by atoms with van der Waals surface area (Å²) >= 11 is 0. The maximum Gasteiger partial charge on any atom is 0 e. The Balaban J connectivity index is 0. The third-order valence-electron chi connectivity index (χ3n) is 0. The minimum absolute atomic E-state index is 0. The molecule has 0 amide bonds. The normalized spacial score (nSPS) is 0. The van der Waals surface area contributed by atoms with Crippen molar-refractivity contribution < 1.29 is 0 Å². The van der Waals surface area contributed by atoms with Crippen molar-refractivity contribution in [3.8, 4) is 0 Å². The Bertz CT molecular complexity index is 8.00. The van der Waals surface area contributed by atoms with Crippen molar-refractivity contribution in [3.63, 3.8) is 0 Å². The van der Waals surface area contributed by atoms with Crippen LogP contribution in [0.4, 0.5) is 0 Å². The van der Waals surface area contributed by atoms with Crippen LogP contribution in [0, 0.1) is 0 Å². The quantitative estimate of drug-likeness (QED) is 0.496. The van der Waals surface area contributed by atoms with Gasteiger partial charge in [-0.05, 0) is 0 Å². The third-order valence-corrected chi connectivity index (χ3v) is 0. The van der Waals surface area contributed by atoms with Gasteiger partial charge < -0.3 is 0 Å². The largest absolute Gasteiger partial charge is 0.0776 e. The summed E-state index contributed by atoms with van der Waals surface area (Å²) in [5.74, 6) is 0. The van der Waals surface area contributed by atoms with Crippen LogP contribution in [0.25, 0.3) is 0 Å². The number of hydrogen-bond donors (Lipinski definition) is 0. The van der Waals surface area contributed by atoms with Crippen LogP contribution in [0.1, 0.15) is 7.43 Å². The van der Waals surface area contributed by atoms with Crippen LogP contribution in [-0.4, -0.2) is 52.5 Å². The Morgan fingerprint density at radius 1 is 1.00 bits per heavy atom. The summed E-state index contributed by atoms with van der Waals surface area (Å²) in [6.07, 6.45) is 0. The van der Waals surface area contributed by atoms with Gasteiger partial charge in [0.25, 0.3) is 0 Å². The molecule has 0 aromatic heterocycles. The molecule has 0 unspecified atom stereocenters. The predicted octanol–water partition coefficient (Wildman–Crippen LogP) is -0.506. The van der Waals surface area contributed by atoms with E-state index in [0.29, 0.717) is 0 Å². The Labute approximate surface area is 59.7 Å². The van der Waals surface area contributed by atoms with Crippen molar-refractivity contribution in [1.29, 1.82) is 0 Å². The van der Waals surface area contributed by atoms with Gasteiger partial charge in [0.1, 0.15) is 0 Å². The van der Waals surface area contributed by atoms with Gasteiger partial charge in [-0.3, -0.25) is 0 Å². The summed E-state index contributed by atoms with van der Waals surface area (Å²) in [6, 6.07) is 0. The van der Waals surface area contributed by atoms with Crippen molar-refractivity contribution in [1.82, 2.24) is 0 Å². The summed E-state index contributed by atoms with van der Waals surface area (Å²) in [5.41, 5.74) is 0. The van der Waals surface area contributed by atoms with Gasteiger partial charge in [0, 0.05) is 52.5 Å². The molecule has 4 heavy (non-hydrogen) atoms. The van der Waals surface area contributed by atoms with E-state index in [1.54, 1.807) is 0 Å². The molecule has 0 heterocycles. The average molecular weight is 235 g/mol. The fourth-order valence-corrected chi connectivity index (χ4v) is 0. The second-order valence-corrected chi connectivity index (χ2v) is 0. The van der Waals surface area contributed by atoms with Gasteiger partial charge in [-0.2, -0.15) is 0 Å². The van der Waals surface area contributed by atoms with Crippen LogP contribution in [0.5, 0.6) is 0 Å². The van der Waals surface area contributed by atoms with E-state index in [4.69, 9.17) is 0 Å². The van der Waals surface area contributed by atoms with E-state index in [1.807, 2.05) is 0 Å². The molecular formula is CH4GeSiSn. The van der Waals surface area contributed by atoms with E-state index in [9.17, 15) is 0 Å². The summed E-state index contributed by atoms with van der Waals surface area (Å²) in [6.45, 7) is 0. The first-order valence-electron chi connectivity index (χ1n) is 0. The van der Waals surface area contributed by atoms with Crippen LogP contribution in [0.15, 0.2) is 0 Å². The van der Waals surface area contributed by atoms with Gasteiger partial charge in [-0.15, -0.1) is 0 Å². The van der Waals surface area contributed by atoms with Gasteiger partial charge in [0.2, 0.25) is 0 Å². The smallest absolute Gasteiger partial charge is 0 e. The van der Waals surface area contributed by atoms with Crippen LogP contribution < -0.4 is 0 Å². The third kappa shape index (κ3) is 9.59. The Hall–Kier alpha value is 1.56. The standard InChI is InChI=1S/CH4.Ge.Si.Sn/h1H4;;;. The van der Waals surface area contributed by atoms with Gasteiger partial charge >= 0.3 is 0 Å². The van der Waals surface area contributed by atoms with Crippen LogP contribution in [0.2, 0.25) is 0 Å². The molecule has 12 radical (unpaired) electrons. The molecule has 0 spiro atoms. The summed E-state index contributed by atoms with van der Waals surface area (Å²) < 4.78 is 0. The van der Waals surface area contributed by atoms with Crippen LogP contribution in [-0.2, 0) is 0 Å². The van der Waals surface area contributed by atoms with Crippen molar-refractivity contribution >= 4 is 52.5 Å². The van der Waals surface area contributed by atoms with Gasteiger partial charge in [-0.1, -0.05) is 7.43 Å². The molecule has 20 valence electrons. The molecule has 0 fully saturated rings. The number of rotatable bonds is 0. The summed E-state index contributed by atoms with van der Waals surface area (Å²) in [7, 11) is 0. The van der Waals surface area contributed by atoms with E-state index in [1.165, 1.54) is 0 Å². The van der Waals surface area contributed by atoms with Crippen molar-refractivity contribution in [2.24, 2.45) is 0 Å². The fourth-order valence-electron chi connectivity index (χ4n) is 0. The van der Waals surface area contributed by atoms with Gasteiger partial charge in [0.15, 0.2) is 0 Å². The van der Waals surface area contributed by atoms with Crippen LogP contribution >= 0.6 is 0 Å². The zero-order valence-electron chi connectivity index (χ0n) is 1.50. The Morgan fingerprint density at radius 2 is 1.00 bits per heavy atom. The first-order chi connectivity index (χ1) is 0. The van der Waals surface area contributed by atoms with Crippen LogP contribution in [0.3, 0.4) is 0 Å². The Morgan fingerprint density at radius 3 is 1.00 bits per heavy atom. The minimum atomic E-state index is 0. The maximum absolute atomic E-state index is 0. The number of hydrogen-bond acceptors (Lipinski definition) is 0. The molecule has 3 heteroatoms. The SMILES string of the molecule is C.[Ge].[Si].[Sn]. The molecule has 0 rings (SSSR count). The molecule has 0 aliphatic heterocycles. The van der Waals surface area contributed by atoms with E-state index < -0.39 is 0 Å². The van der Waals surface area contributed by atoms with E-state index in [0.717, 1.165) is 0 Å². The molecule has 0 nitrogen and oxygen atoms in total. The molecule has 0 aliphatic rings. The van der Waals surface area contributed by atoms with Crippen molar-refractivity contribution in [2.75, 3.05) is 0 Å². The molecule has 0 aromatic rings. The molecule has 0 aliphatic carbocycles. The first-order valence-corrected chi connectivity index (χ1v) is 0. The van der Waals surface area contributed by atoms with E-state index in [2.05, 4.69) is 0 Å². The van der Waals surface area contributed by atoms with Gasteiger partial charge in [-0.25, -0.2) is 0 Å². The average Bonchev–Trinajstić information content (AvgIpc) is 0. The molecule has 0 saturated heterocycles. The topological polar surface area (TPSA) is 0 Å². The first kappa shape index (κ1) is 47.6. The molecule has 0 N–H and O–H groups in total. The van der Waals surface area contributed by atoms with Gasteiger partial charge in [0.05, 0.1) is 0 Å². The zero-order chi connectivity index (χ0) is 0. The van der Waals surface area contributed by atoms with E-state index >= 15 is 0 Å². The summed E-state index contributed by atoms with van der Waals surface area (Å²) in [5, 5.41) is 0. The van der Waals surface area contributed by atoms with Crippen molar-refractivity contribution in [2.45, 2.75) is 7.43 Å². The second kappa shape index (κ2) is 23.8. The molecule has 0 atom stereocenters. The molecule has 0 bridgehead atoms. The molecular weight excluding hydrogens is 231 g/mol. The zero-order valence-corrected chi connectivity index (χ0v) is 7.45. The second-order valence-electron chi connectivity index (χ2n) is 0. The fraction of sp³-hybridized carbons (Fsp3) is 1.00. The van der Waals surface area contributed by atoms with E-state index in [-0.39, 0.29) is 59.9 Å². The summed E-state index contributed by atoms with van der Waals surface area (Å²) in [4.78, 5) is 0. The molecule has 0 saturated carbocycles.